The second-order valence-electron chi connectivity index (χ2n) is 4.20. The van der Waals surface area contributed by atoms with Gasteiger partial charge in [0.2, 0.25) is 0 Å². The van der Waals surface area contributed by atoms with Crippen molar-refractivity contribution in [3.8, 4) is 5.75 Å². The lowest BCUT2D eigenvalue weighted by molar-refractivity contribution is -0.137. The van der Waals surface area contributed by atoms with E-state index in [0.717, 1.165) is 0 Å². The van der Waals surface area contributed by atoms with Gasteiger partial charge in [-0.1, -0.05) is 18.2 Å². The van der Waals surface area contributed by atoms with Crippen molar-refractivity contribution in [3.05, 3.63) is 30.3 Å². The molecule has 0 radical (unpaired) electrons. The van der Waals surface area contributed by atoms with E-state index in [9.17, 15) is 9.59 Å². The van der Waals surface area contributed by atoms with Crippen LogP contribution in [0.1, 0.15) is 0 Å². The maximum atomic E-state index is 11.8. The van der Waals surface area contributed by atoms with Crippen LogP contribution in [-0.4, -0.2) is 62.0 Å². The van der Waals surface area contributed by atoms with Crippen LogP contribution < -0.4 is 10.1 Å². The minimum Gasteiger partial charge on any atom is -0.492 e. The molecule has 0 aliphatic rings. The van der Waals surface area contributed by atoms with Gasteiger partial charge < -0.3 is 24.8 Å². The van der Waals surface area contributed by atoms with Crippen LogP contribution in [0.2, 0.25) is 0 Å². The number of urea groups is 1. The topological polar surface area (TPSA) is 88.1 Å². The molecule has 0 aromatic heterocycles. The molecule has 2 amide bonds. The number of hydrogen-bond acceptors (Lipinski definition) is 4. The van der Waals surface area contributed by atoms with Crippen LogP contribution >= 0.6 is 0 Å². The Morgan fingerprint density at radius 3 is 2.57 bits per heavy atom. The fourth-order valence-corrected chi connectivity index (χ4v) is 1.57. The van der Waals surface area contributed by atoms with E-state index < -0.39 is 12.0 Å². The monoisotopic (exact) mass is 296 g/mol. The van der Waals surface area contributed by atoms with E-state index >= 15 is 0 Å². The number of amides is 2. The van der Waals surface area contributed by atoms with Crippen molar-refractivity contribution in [1.82, 2.24) is 10.2 Å². The van der Waals surface area contributed by atoms with Crippen molar-refractivity contribution in [3.63, 3.8) is 0 Å². The Hall–Kier alpha value is -2.28. The van der Waals surface area contributed by atoms with Crippen molar-refractivity contribution in [2.45, 2.75) is 0 Å². The number of rotatable bonds is 9. The molecule has 1 aromatic carbocycles. The van der Waals surface area contributed by atoms with Crippen LogP contribution in [0.15, 0.2) is 30.3 Å². The minimum absolute atomic E-state index is 0.216. The minimum atomic E-state index is -1.07. The summed E-state index contributed by atoms with van der Waals surface area (Å²) in [6.07, 6.45) is 0. The van der Waals surface area contributed by atoms with Gasteiger partial charge in [0.15, 0.2) is 0 Å². The van der Waals surface area contributed by atoms with Gasteiger partial charge in [-0.3, -0.25) is 4.79 Å². The van der Waals surface area contributed by atoms with Gasteiger partial charge in [0.25, 0.3) is 0 Å². The summed E-state index contributed by atoms with van der Waals surface area (Å²) >= 11 is 0. The predicted octanol–water partition coefficient (Wildman–Crippen LogP) is 0.808. The normalized spacial score (nSPS) is 9.95. The molecule has 116 valence electrons. The van der Waals surface area contributed by atoms with Gasteiger partial charge in [-0.15, -0.1) is 0 Å². The van der Waals surface area contributed by atoms with E-state index in [-0.39, 0.29) is 26.2 Å². The average molecular weight is 296 g/mol. The van der Waals surface area contributed by atoms with Crippen LogP contribution in [0.5, 0.6) is 5.75 Å². The maximum Gasteiger partial charge on any atom is 0.323 e. The Labute approximate surface area is 123 Å². The molecule has 0 atom stereocenters. The lowest BCUT2D eigenvalue weighted by Crippen LogP contribution is -2.45. The van der Waals surface area contributed by atoms with Crippen LogP contribution in [-0.2, 0) is 9.53 Å². The third kappa shape index (κ3) is 7.17. The summed E-state index contributed by atoms with van der Waals surface area (Å²) in [4.78, 5) is 23.7. The van der Waals surface area contributed by atoms with Gasteiger partial charge in [0, 0.05) is 13.7 Å². The van der Waals surface area contributed by atoms with Crippen molar-refractivity contribution >= 4 is 12.0 Å². The highest BCUT2D eigenvalue weighted by Gasteiger charge is 2.15. The zero-order valence-electron chi connectivity index (χ0n) is 11.9. The summed E-state index contributed by atoms with van der Waals surface area (Å²) in [5.41, 5.74) is 0. The molecule has 0 saturated carbocycles. The van der Waals surface area contributed by atoms with Gasteiger partial charge in [-0.25, -0.2) is 4.79 Å². The molecule has 0 bridgehead atoms. The molecule has 0 saturated heterocycles. The molecule has 0 unspecified atom stereocenters. The average Bonchev–Trinajstić information content (AvgIpc) is 2.48. The smallest absolute Gasteiger partial charge is 0.323 e. The van der Waals surface area contributed by atoms with E-state index in [2.05, 4.69) is 5.32 Å². The first-order valence-corrected chi connectivity index (χ1v) is 6.55. The van der Waals surface area contributed by atoms with E-state index in [0.29, 0.717) is 12.4 Å². The molecule has 7 nitrogen and oxygen atoms in total. The van der Waals surface area contributed by atoms with Crippen LogP contribution in [0.4, 0.5) is 4.79 Å². The molecule has 0 aliphatic carbocycles. The molecule has 1 rings (SSSR count). The molecule has 2 N–H and O–H groups in total. The lowest BCUT2D eigenvalue weighted by Gasteiger charge is -2.20. The Bertz CT molecular complexity index is 438. The molecular formula is C14H20N2O5. The number of nitrogens with zero attached hydrogens (tertiary/aromatic N) is 1. The number of methoxy groups -OCH3 is 1. The number of carboxylic acid groups (broad SMARTS) is 1. The SMILES string of the molecule is COCCN(CC(=O)O)C(=O)NCCOc1ccccc1. The Balaban J connectivity index is 2.30. The third-order valence-electron chi connectivity index (χ3n) is 2.57. The third-order valence-corrected chi connectivity index (χ3v) is 2.57. The van der Waals surface area contributed by atoms with Gasteiger partial charge in [-0.2, -0.15) is 0 Å². The number of carbonyl (C=O) groups is 2. The highest BCUT2D eigenvalue weighted by atomic mass is 16.5. The summed E-state index contributed by atoms with van der Waals surface area (Å²) < 4.78 is 10.3. The Morgan fingerprint density at radius 2 is 1.95 bits per heavy atom. The Kier molecular flexibility index (Phi) is 7.67. The molecule has 0 aliphatic heterocycles. The molecular weight excluding hydrogens is 276 g/mol. The molecule has 1 aromatic rings. The first-order valence-electron chi connectivity index (χ1n) is 6.55. The second-order valence-corrected chi connectivity index (χ2v) is 4.20. The van der Waals surface area contributed by atoms with Crippen LogP contribution in [0.3, 0.4) is 0 Å². The summed E-state index contributed by atoms with van der Waals surface area (Å²) in [6.45, 7) is 0.724. The first kappa shape index (κ1) is 16.8. The number of nitrogens with one attached hydrogen (secondary N) is 1. The molecule has 0 heterocycles. The highest BCUT2D eigenvalue weighted by molar-refractivity contribution is 5.80. The maximum absolute atomic E-state index is 11.8. The van der Waals surface area contributed by atoms with Crippen molar-refractivity contribution < 1.29 is 24.2 Å². The van der Waals surface area contributed by atoms with Crippen molar-refractivity contribution in [2.24, 2.45) is 0 Å². The molecule has 21 heavy (non-hydrogen) atoms. The number of carboxylic acids is 1. The molecule has 7 heteroatoms. The van der Waals surface area contributed by atoms with Gasteiger partial charge in [0.1, 0.15) is 18.9 Å². The lowest BCUT2D eigenvalue weighted by atomic mass is 10.3. The molecule has 0 fully saturated rings. The summed E-state index contributed by atoms with van der Waals surface area (Å²) in [7, 11) is 1.49. The van der Waals surface area contributed by atoms with Crippen LogP contribution in [0, 0.1) is 0 Å². The largest absolute Gasteiger partial charge is 0.492 e. The Morgan fingerprint density at radius 1 is 1.24 bits per heavy atom. The zero-order chi connectivity index (χ0) is 15.5. The number of aliphatic carboxylic acids is 1. The number of ether oxygens (including phenoxy) is 2. The van der Waals surface area contributed by atoms with Crippen molar-refractivity contribution in [2.75, 3.05) is 40.0 Å². The van der Waals surface area contributed by atoms with Crippen molar-refractivity contribution in [1.29, 1.82) is 0 Å². The van der Waals surface area contributed by atoms with E-state index in [1.807, 2.05) is 30.3 Å². The van der Waals surface area contributed by atoms with E-state index in [1.165, 1.54) is 12.0 Å². The highest BCUT2D eigenvalue weighted by Crippen LogP contribution is 2.07. The fraction of sp³-hybridized carbons (Fsp3) is 0.429. The standard InChI is InChI=1S/C14H20N2O5/c1-20-10-8-16(11-13(17)18)14(19)15-7-9-21-12-5-3-2-4-6-12/h2-6H,7-11H2,1H3,(H,15,19)(H,17,18). The first-order chi connectivity index (χ1) is 10.1. The number of para-hydroxylation sites is 1. The van der Waals surface area contributed by atoms with Gasteiger partial charge >= 0.3 is 12.0 Å². The van der Waals surface area contributed by atoms with Gasteiger partial charge in [-0.05, 0) is 12.1 Å². The fourth-order valence-electron chi connectivity index (χ4n) is 1.57. The second kappa shape index (κ2) is 9.60. The number of benzene rings is 1. The number of carbonyl (C=O) groups excluding carboxylic acids is 1. The number of hydrogen-bond donors (Lipinski definition) is 2. The van der Waals surface area contributed by atoms with E-state index in [4.69, 9.17) is 14.6 Å². The quantitative estimate of drug-likeness (QED) is 0.658. The van der Waals surface area contributed by atoms with Crippen LogP contribution in [0.25, 0.3) is 0 Å². The van der Waals surface area contributed by atoms with E-state index in [1.54, 1.807) is 0 Å². The zero-order valence-corrected chi connectivity index (χ0v) is 11.9. The van der Waals surface area contributed by atoms with Gasteiger partial charge in [0.05, 0.1) is 13.2 Å². The predicted molar refractivity (Wildman–Crippen MR) is 76.4 cm³/mol. The summed E-state index contributed by atoms with van der Waals surface area (Å²) in [6, 6.07) is 8.77. The summed E-state index contributed by atoms with van der Waals surface area (Å²) in [5, 5.41) is 11.4. The molecule has 0 spiro atoms. The summed E-state index contributed by atoms with van der Waals surface area (Å²) in [5.74, 6) is -0.352.